The van der Waals surface area contributed by atoms with E-state index in [4.69, 9.17) is 4.98 Å². The van der Waals surface area contributed by atoms with E-state index in [1.165, 1.54) is 81.7 Å². The lowest BCUT2D eigenvalue weighted by atomic mass is 9.91. The molecule has 0 unspecified atom stereocenters. The molecule has 60 heavy (non-hydrogen) atoms. The van der Waals surface area contributed by atoms with E-state index < -0.39 is 0 Å². The van der Waals surface area contributed by atoms with E-state index in [0.29, 0.717) is 0 Å². The third-order valence-corrected chi connectivity index (χ3v) is 12.4. The average molecular weight is 763 g/mol. The highest BCUT2D eigenvalue weighted by Gasteiger charge is 2.19. The number of hydrogen-bond donors (Lipinski definition) is 0. The number of fused-ring (bicyclic) bond motifs is 10. The van der Waals surface area contributed by atoms with Crippen LogP contribution in [-0.2, 0) is 0 Å². The lowest BCUT2D eigenvalue weighted by Crippen LogP contribution is -1.98. The summed E-state index contributed by atoms with van der Waals surface area (Å²) in [4.78, 5) is 5.27. The first-order chi connectivity index (χ1) is 29.6. The average Bonchev–Trinajstić information content (AvgIpc) is 3.64. The Balaban J connectivity index is 1.17. The lowest BCUT2D eigenvalue weighted by molar-refractivity contribution is 1.16. The van der Waals surface area contributed by atoms with Crippen LogP contribution >= 0.6 is 0 Å². The Morgan fingerprint density at radius 2 is 0.800 bits per heavy atom. The molecule has 0 spiro atoms. The molecule has 12 rings (SSSR count). The van der Waals surface area contributed by atoms with Crippen LogP contribution in [0.4, 0.5) is 0 Å². The molecule has 10 aromatic carbocycles. The van der Waals surface area contributed by atoms with E-state index >= 15 is 0 Å². The normalized spacial score (nSPS) is 11.8. The molecule has 0 fully saturated rings. The molecule has 0 N–H and O–H groups in total. The van der Waals surface area contributed by atoms with Crippen molar-refractivity contribution >= 4 is 64.9 Å². The summed E-state index contributed by atoms with van der Waals surface area (Å²) in [5, 5.41) is 12.5. The second kappa shape index (κ2) is 13.7. The van der Waals surface area contributed by atoms with E-state index in [9.17, 15) is 0 Å². The molecule has 2 nitrogen and oxygen atoms in total. The van der Waals surface area contributed by atoms with Crippen LogP contribution in [0.3, 0.4) is 0 Å². The van der Waals surface area contributed by atoms with Gasteiger partial charge in [-0.05, 0) is 121 Å². The first-order valence-corrected chi connectivity index (χ1v) is 20.7. The van der Waals surface area contributed by atoms with Crippen LogP contribution in [0.15, 0.2) is 212 Å². The van der Waals surface area contributed by atoms with Crippen molar-refractivity contribution in [2.75, 3.05) is 0 Å². The molecule has 0 aliphatic carbocycles. The molecule has 2 aromatic heterocycles. The summed E-state index contributed by atoms with van der Waals surface area (Å²) < 4.78 is 2.47. The number of aryl methyl sites for hydroxylation is 1. The third-order valence-electron chi connectivity index (χ3n) is 12.4. The zero-order valence-corrected chi connectivity index (χ0v) is 33.1. The van der Waals surface area contributed by atoms with Crippen LogP contribution < -0.4 is 0 Å². The van der Waals surface area contributed by atoms with E-state index in [1.807, 2.05) is 0 Å². The van der Waals surface area contributed by atoms with Gasteiger partial charge in [0.1, 0.15) is 0 Å². The van der Waals surface area contributed by atoms with E-state index in [1.54, 1.807) is 0 Å². The van der Waals surface area contributed by atoms with Crippen LogP contribution in [0.5, 0.6) is 0 Å². The summed E-state index contributed by atoms with van der Waals surface area (Å²) >= 11 is 0. The van der Waals surface area contributed by atoms with Crippen LogP contribution in [0.2, 0.25) is 0 Å². The van der Waals surface area contributed by atoms with Crippen molar-refractivity contribution in [2.24, 2.45) is 0 Å². The van der Waals surface area contributed by atoms with Crippen molar-refractivity contribution in [3.8, 4) is 50.5 Å². The number of hydrogen-bond acceptors (Lipinski definition) is 1. The van der Waals surface area contributed by atoms with Gasteiger partial charge in [-0.3, -0.25) is 0 Å². The minimum Gasteiger partial charge on any atom is -0.309 e. The molecule has 12 aromatic rings. The summed E-state index contributed by atoms with van der Waals surface area (Å²) in [5.41, 5.74) is 13.6. The van der Waals surface area contributed by atoms with Gasteiger partial charge in [-0.1, -0.05) is 169 Å². The molecule has 0 aliphatic heterocycles. The van der Waals surface area contributed by atoms with Gasteiger partial charge in [0.2, 0.25) is 0 Å². The van der Waals surface area contributed by atoms with Gasteiger partial charge in [0.25, 0.3) is 0 Å². The van der Waals surface area contributed by atoms with Crippen molar-refractivity contribution in [1.29, 1.82) is 0 Å². The fourth-order valence-corrected chi connectivity index (χ4v) is 9.38. The number of benzene rings is 10. The Morgan fingerprint density at radius 1 is 0.300 bits per heavy atom. The molecule has 0 amide bonds. The van der Waals surface area contributed by atoms with Crippen LogP contribution in [0, 0.1) is 6.92 Å². The Bertz CT molecular complexity index is 3580. The molecule has 0 saturated heterocycles. The number of aromatic nitrogens is 2. The molecule has 2 heterocycles. The van der Waals surface area contributed by atoms with E-state index in [-0.39, 0.29) is 0 Å². The zero-order valence-electron chi connectivity index (χ0n) is 33.1. The molecule has 0 radical (unpaired) electrons. The van der Waals surface area contributed by atoms with E-state index in [0.717, 1.165) is 39.2 Å². The standard InChI is InChI=1S/C58H38N2/c1-37-20-22-39(23-21-37)44-27-29-57-53(32-44)54-35-51-48-19-11-10-18-47(48)50-31-45(43-25-24-38-12-8-9-17-42(38)30-43)26-28-49(50)52(51)36-58(54)60(57)46-33-55(40-13-4-2-5-14-40)59-56(34-46)41-15-6-3-7-16-41/h2-36H,1H3. The van der Waals surface area contributed by atoms with Crippen molar-refractivity contribution in [3.63, 3.8) is 0 Å². The highest BCUT2D eigenvalue weighted by Crippen LogP contribution is 2.43. The molecule has 280 valence electrons. The van der Waals surface area contributed by atoms with Gasteiger partial charge in [-0.25, -0.2) is 4.98 Å². The highest BCUT2D eigenvalue weighted by atomic mass is 15.0. The summed E-state index contributed by atoms with van der Waals surface area (Å²) in [6, 6.07) is 77.7. The Morgan fingerprint density at radius 3 is 1.52 bits per heavy atom. The highest BCUT2D eigenvalue weighted by molar-refractivity contribution is 6.29. The second-order valence-corrected chi connectivity index (χ2v) is 16.0. The van der Waals surface area contributed by atoms with Crippen LogP contribution in [0.25, 0.3) is 115 Å². The molecule has 2 heteroatoms. The van der Waals surface area contributed by atoms with Gasteiger partial charge in [-0.15, -0.1) is 0 Å². The first kappa shape index (κ1) is 34.3. The Hall–Kier alpha value is -7.81. The fraction of sp³-hybridized carbons (Fsp3) is 0.0172. The van der Waals surface area contributed by atoms with Gasteiger partial charge in [0.05, 0.1) is 28.1 Å². The number of rotatable bonds is 5. The number of nitrogens with zero attached hydrogens (tertiary/aromatic N) is 2. The second-order valence-electron chi connectivity index (χ2n) is 16.0. The van der Waals surface area contributed by atoms with Crippen molar-refractivity contribution in [3.05, 3.63) is 218 Å². The summed E-state index contributed by atoms with van der Waals surface area (Å²) in [6.45, 7) is 2.14. The van der Waals surface area contributed by atoms with Crippen molar-refractivity contribution < 1.29 is 0 Å². The topological polar surface area (TPSA) is 17.8 Å². The van der Waals surface area contributed by atoms with Gasteiger partial charge in [0.15, 0.2) is 0 Å². The summed E-state index contributed by atoms with van der Waals surface area (Å²) in [6.07, 6.45) is 0. The molecule has 0 saturated carbocycles. The monoisotopic (exact) mass is 762 g/mol. The van der Waals surface area contributed by atoms with Gasteiger partial charge in [-0.2, -0.15) is 0 Å². The van der Waals surface area contributed by atoms with Gasteiger partial charge < -0.3 is 4.57 Å². The van der Waals surface area contributed by atoms with E-state index in [2.05, 4.69) is 224 Å². The fourth-order valence-electron chi connectivity index (χ4n) is 9.38. The summed E-state index contributed by atoms with van der Waals surface area (Å²) in [7, 11) is 0. The van der Waals surface area contributed by atoms with Crippen LogP contribution in [0.1, 0.15) is 5.56 Å². The summed E-state index contributed by atoms with van der Waals surface area (Å²) in [5.74, 6) is 0. The third kappa shape index (κ3) is 5.61. The maximum atomic E-state index is 5.27. The maximum Gasteiger partial charge on any atom is 0.0730 e. The molecular weight excluding hydrogens is 725 g/mol. The Labute approximate surface area is 348 Å². The lowest BCUT2D eigenvalue weighted by Gasteiger charge is -2.15. The SMILES string of the molecule is Cc1ccc(-c2ccc3c(c2)c2cc4c5ccccc5c5cc(-c6ccc7ccccc7c6)ccc5c4cc2n3-c2cc(-c3ccccc3)nc(-c3ccccc3)c2)cc1. The Kier molecular flexibility index (Phi) is 7.79. The van der Waals surface area contributed by atoms with Crippen molar-refractivity contribution in [1.82, 2.24) is 9.55 Å². The van der Waals surface area contributed by atoms with Gasteiger partial charge >= 0.3 is 0 Å². The quantitative estimate of drug-likeness (QED) is 0.160. The predicted octanol–water partition coefficient (Wildman–Crippen LogP) is 15.8. The maximum absolute atomic E-state index is 5.27. The molecule has 0 atom stereocenters. The zero-order chi connectivity index (χ0) is 39.7. The smallest absolute Gasteiger partial charge is 0.0730 e. The minimum absolute atomic E-state index is 0.941. The minimum atomic E-state index is 0.941. The predicted molar refractivity (Wildman–Crippen MR) is 255 cm³/mol. The largest absolute Gasteiger partial charge is 0.309 e. The molecule has 0 bridgehead atoms. The first-order valence-electron chi connectivity index (χ1n) is 20.7. The van der Waals surface area contributed by atoms with Crippen LogP contribution in [-0.4, -0.2) is 9.55 Å². The van der Waals surface area contributed by atoms with Crippen molar-refractivity contribution in [2.45, 2.75) is 6.92 Å². The van der Waals surface area contributed by atoms with Gasteiger partial charge in [0, 0.05) is 21.9 Å². The molecule has 0 aliphatic rings. The number of pyridine rings is 1. The molecular formula is C58H38N2.